The molecule has 18 heavy (non-hydrogen) atoms. The van der Waals surface area contributed by atoms with Gasteiger partial charge in [-0.2, -0.15) is 5.26 Å². The van der Waals surface area contributed by atoms with Crippen LogP contribution in [-0.4, -0.2) is 16.1 Å². The summed E-state index contributed by atoms with van der Waals surface area (Å²) in [4.78, 5) is 0. The molecule has 0 bridgehead atoms. The van der Waals surface area contributed by atoms with Crippen LogP contribution in [0.25, 0.3) is 0 Å². The van der Waals surface area contributed by atoms with E-state index in [2.05, 4.69) is 30.1 Å². The van der Waals surface area contributed by atoms with E-state index < -0.39 is 5.92 Å². The molecule has 0 radical (unpaired) electrons. The number of aromatic amines is 1. The molecular formula is C13H18N4O. The lowest BCUT2D eigenvalue weighted by Gasteiger charge is -2.32. The molecule has 0 fully saturated rings. The van der Waals surface area contributed by atoms with Crippen LogP contribution in [0, 0.1) is 35.5 Å². The number of H-pyrrole nitrogens is 1. The highest BCUT2D eigenvalue weighted by molar-refractivity contribution is 5.83. The van der Waals surface area contributed by atoms with Gasteiger partial charge in [0, 0.05) is 17.2 Å². The third kappa shape index (κ3) is 1.78. The standard InChI is InChI=1S/C13H18N4O/c1-4-8(5-2)11-9(6-14)12(15)18-13-10(11)7(3)16-17-13/h8-9,11,15H,4-5H2,1-3H3,(H,16,17). The van der Waals surface area contributed by atoms with Crippen molar-refractivity contribution in [2.24, 2.45) is 11.8 Å². The van der Waals surface area contributed by atoms with Gasteiger partial charge in [-0.25, -0.2) is 0 Å². The molecule has 2 atom stereocenters. The second-order valence-electron chi connectivity index (χ2n) is 4.74. The lowest BCUT2D eigenvalue weighted by Crippen LogP contribution is -2.34. The van der Waals surface area contributed by atoms with E-state index in [1.807, 2.05) is 6.92 Å². The predicted octanol–water partition coefficient (Wildman–Crippen LogP) is 2.75. The molecule has 96 valence electrons. The highest BCUT2D eigenvalue weighted by atomic mass is 16.5. The van der Waals surface area contributed by atoms with Gasteiger partial charge in [-0.3, -0.25) is 10.5 Å². The molecule has 2 N–H and O–H groups in total. The van der Waals surface area contributed by atoms with E-state index in [9.17, 15) is 5.26 Å². The Kier molecular flexibility index (Phi) is 3.37. The fraction of sp³-hybridized carbons (Fsp3) is 0.615. The summed E-state index contributed by atoms with van der Waals surface area (Å²) >= 11 is 0. The Morgan fingerprint density at radius 1 is 1.50 bits per heavy atom. The van der Waals surface area contributed by atoms with E-state index in [1.165, 1.54) is 0 Å². The third-order valence-corrected chi connectivity index (χ3v) is 3.84. The number of hydrogen-bond acceptors (Lipinski definition) is 4. The van der Waals surface area contributed by atoms with Crippen LogP contribution >= 0.6 is 0 Å². The minimum atomic E-state index is -0.501. The number of nitriles is 1. The Balaban J connectivity index is 2.53. The van der Waals surface area contributed by atoms with Gasteiger partial charge in [0.05, 0.1) is 6.07 Å². The van der Waals surface area contributed by atoms with Gasteiger partial charge in [0.15, 0.2) is 0 Å². The Morgan fingerprint density at radius 2 is 2.17 bits per heavy atom. The SMILES string of the molecule is CCC(CC)C1c2c(n[nH]c2C)OC(=N)C1C#N. The first-order valence-corrected chi connectivity index (χ1v) is 6.34. The summed E-state index contributed by atoms with van der Waals surface area (Å²) < 4.78 is 5.34. The van der Waals surface area contributed by atoms with Crippen LogP contribution in [-0.2, 0) is 0 Å². The predicted molar refractivity (Wildman–Crippen MR) is 67.6 cm³/mol. The molecule has 0 amide bonds. The van der Waals surface area contributed by atoms with E-state index in [1.54, 1.807) is 0 Å². The van der Waals surface area contributed by atoms with Crippen molar-refractivity contribution in [3.63, 3.8) is 0 Å². The molecule has 0 aromatic carbocycles. The van der Waals surface area contributed by atoms with Crippen molar-refractivity contribution < 1.29 is 4.74 Å². The van der Waals surface area contributed by atoms with Crippen molar-refractivity contribution >= 4 is 5.90 Å². The topological polar surface area (TPSA) is 85.5 Å². The monoisotopic (exact) mass is 246 g/mol. The number of fused-ring (bicyclic) bond motifs is 1. The Morgan fingerprint density at radius 3 is 2.72 bits per heavy atom. The van der Waals surface area contributed by atoms with Gasteiger partial charge in [0.1, 0.15) is 5.92 Å². The zero-order valence-electron chi connectivity index (χ0n) is 10.9. The van der Waals surface area contributed by atoms with Crippen molar-refractivity contribution in [2.75, 3.05) is 0 Å². The van der Waals surface area contributed by atoms with E-state index in [4.69, 9.17) is 10.1 Å². The fourth-order valence-electron chi connectivity index (χ4n) is 2.83. The van der Waals surface area contributed by atoms with Crippen molar-refractivity contribution in [1.82, 2.24) is 10.2 Å². The number of aromatic nitrogens is 2. The highest BCUT2D eigenvalue weighted by Gasteiger charge is 2.41. The number of hydrogen-bond donors (Lipinski definition) is 2. The van der Waals surface area contributed by atoms with Crippen LogP contribution in [0.1, 0.15) is 43.9 Å². The molecule has 2 rings (SSSR count). The molecule has 0 spiro atoms. The number of aryl methyl sites for hydroxylation is 1. The van der Waals surface area contributed by atoms with Crippen molar-refractivity contribution in [1.29, 1.82) is 10.7 Å². The summed E-state index contributed by atoms with van der Waals surface area (Å²) in [7, 11) is 0. The van der Waals surface area contributed by atoms with Gasteiger partial charge in [-0.15, -0.1) is 5.10 Å². The second-order valence-corrected chi connectivity index (χ2v) is 4.74. The lowest BCUT2D eigenvalue weighted by atomic mass is 9.74. The Hall–Kier alpha value is -1.83. The maximum Gasteiger partial charge on any atom is 0.243 e. The third-order valence-electron chi connectivity index (χ3n) is 3.84. The zero-order chi connectivity index (χ0) is 13.3. The maximum atomic E-state index is 9.32. The zero-order valence-corrected chi connectivity index (χ0v) is 10.9. The Bertz CT molecular complexity index is 496. The van der Waals surface area contributed by atoms with Gasteiger partial charge in [0.2, 0.25) is 11.8 Å². The summed E-state index contributed by atoms with van der Waals surface area (Å²) in [5.41, 5.74) is 1.92. The second kappa shape index (κ2) is 4.81. The fourth-order valence-corrected chi connectivity index (χ4v) is 2.83. The van der Waals surface area contributed by atoms with E-state index >= 15 is 0 Å². The first kappa shape index (κ1) is 12.6. The summed E-state index contributed by atoms with van der Waals surface area (Å²) in [5.74, 6) is 0.377. The largest absolute Gasteiger partial charge is 0.422 e. The van der Waals surface area contributed by atoms with Crippen LogP contribution in [0.2, 0.25) is 0 Å². The number of ether oxygens (including phenoxy) is 1. The molecular weight excluding hydrogens is 228 g/mol. The first-order valence-electron chi connectivity index (χ1n) is 6.34. The lowest BCUT2D eigenvalue weighted by molar-refractivity contribution is 0.320. The van der Waals surface area contributed by atoms with Crippen molar-refractivity contribution in [2.45, 2.75) is 39.5 Å². The molecule has 0 saturated heterocycles. The highest BCUT2D eigenvalue weighted by Crippen LogP contribution is 2.44. The minimum absolute atomic E-state index is 0.0139. The molecule has 1 aromatic rings. The van der Waals surface area contributed by atoms with E-state index in [0.29, 0.717) is 11.8 Å². The average Bonchev–Trinajstić information content (AvgIpc) is 2.72. The van der Waals surface area contributed by atoms with Gasteiger partial charge in [0.25, 0.3) is 0 Å². The molecule has 5 nitrogen and oxygen atoms in total. The molecule has 1 aromatic heterocycles. The number of rotatable bonds is 3. The average molecular weight is 246 g/mol. The quantitative estimate of drug-likeness (QED) is 0.859. The molecule has 5 heteroatoms. The number of nitrogens with one attached hydrogen (secondary N) is 2. The smallest absolute Gasteiger partial charge is 0.243 e. The van der Waals surface area contributed by atoms with Gasteiger partial charge in [-0.05, 0) is 12.8 Å². The van der Waals surface area contributed by atoms with E-state index in [0.717, 1.165) is 24.1 Å². The van der Waals surface area contributed by atoms with Crippen LogP contribution in [0.3, 0.4) is 0 Å². The van der Waals surface area contributed by atoms with Crippen molar-refractivity contribution in [3.8, 4) is 11.9 Å². The minimum Gasteiger partial charge on any atom is -0.422 e. The van der Waals surface area contributed by atoms with Crippen LogP contribution in [0.4, 0.5) is 0 Å². The summed E-state index contributed by atoms with van der Waals surface area (Å²) in [6.45, 7) is 6.18. The van der Waals surface area contributed by atoms with Crippen LogP contribution < -0.4 is 4.74 Å². The summed E-state index contributed by atoms with van der Waals surface area (Å²) in [5, 5.41) is 24.2. The molecule has 0 aliphatic carbocycles. The van der Waals surface area contributed by atoms with Gasteiger partial charge >= 0.3 is 0 Å². The van der Waals surface area contributed by atoms with Crippen LogP contribution in [0.15, 0.2) is 0 Å². The maximum absolute atomic E-state index is 9.32. The Labute approximate surface area is 107 Å². The normalized spacial score (nSPS) is 22.5. The molecule has 1 aliphatic rings. The summed E-state index contributed by atoms with van der Waals surface area (Å²) in [6.07, 6.45) is 1.97. The number of nitrogens with zero attached hydrogens (tertiary/aromatic N) is 2. The summed E-state index contributed by atoms with van der Waals surface area (Å²) in [6, 6.07) is 2.22. The van der Waals surface area contributed by atoms with Gasteiger partial charge in [-0.1, -0.05) is 26.7 Å². The molecule has 0 saturated carbocycles. The van der Waals surface area contributed by atoms with E-state index in [-0.39, 0.29) is 11.8 Å². The first-order chi connectivity index (χ1) is 8.63. The van der Waals surface area contributed by atoms with Crippen molar-refractivity contribution in [3.05, 3.63) is 11.3 Å². The molecule has 2 heterocycles. The van der Waals surface area contributed by atoms with Gasteiger partial charge < -0.3 is 4.74 Å². The molecule has 2 unspecified atom stereocenters. The molecule has 1 aliphatic heterocycles. The van der Waals surface area contributed by atoms with Crippen LogP contribution in [0.5, 0.6) is 5.88 Å².